The molecular formula is C27H37N3O5S. The Bertz CT molecular complexity index is 1130. The Morgan fingerprint density at radius 1 is 0.972 bits per heavy atom. The number of carbonyl (C=O) groups is 1. The van der Waals surface area contributed by atoms with Crippen molar-refractivity contribution in [2.24, 2.45) is 0 Å². The number of benzene rings is 2. The van der Waals surface area contributed by atoms with Gasteiger partial charge >= 0.3 is 0 Å². The van der Waals surface area contributed by atoms with Gasteiger partial charge in [0.25, 0.3) is 0 Å². The molecule has 36 heavy (non-hydrogen) atoms. The number of hydrogen-bond acceptors (Lipinski definition) is 6. The van der Waals surface area contributed by atoms with E-state index in [1.807, 2.05) is 18.2 Å². The molecule has 0 radical (unpaired) electrons. The highest BCUT2D eigenvalue weighted by molar-refractivity contribution is 7.89. The van der Waals surface area contributed by atoms with E-state index in [0.717, 1.165) is 63.2 Å². The highest BCUT2D eigenvalue weighted by Gasteiger charge is 2.26. The van der Waals surface area contributed by atoms with Gasteiger partial charge in [0.15, 0.2) is 0 Å². The van der Waals surface area contributed by atoms with Crippen LogP contribution in [0, 0.1) is 0 Å². The van der Waals surface area contributed by atoms with Gasteiger partial charge < -0.3 is 14.8 Å². The summed E-state index contributed by atoms with van der Waals surface area (Å²) in [7, 11) is -1.99. The first-order chi connectivity index (χ1) is 17.5. The van der Waals surface area contributed by atoms with Crippen molar-refractivity contribution in [3.05, 3.63) is 59.2 Å². The third-order valence-electron chi connectivity index (χ3n) is 6.92. The van der Waals surface area contributed by atoms with Crippen molar-refractivity contribution in [3.63, 3.8) is 0 Å². The van der Waals surface area contributed by atoms with E-state index in [1.165, 1.54) is 5.56 Å². The minimum absolute atomic E-state index is 0.0810. The number of methoxy groups -OCH3 is 1. The summed E-state index contributed by atoms with van der Waals surface area (Å²) in [4.78, 5) is 15.3. The quantitative estimate of drug-likeness (QED) is 0.524. The van der Waals surface area contributed by atoms with Gasteiger partial charge in [-0.3, -0.25) is 9.69 Å². The molecule has 0 atom stereocenters. The molecule has 2 aromatic rings. The first-order valence-electron chi connectivity index (χ1n) is 12.8. The molecule has 2 aliphatic rings. The lowest BCUT2D eigenvalue weighted by Crippen LogP contribution is -2.36. The second kappa shape index (κ2) is 12.7. The van der Waals surface area contributed by atoms with Gasteiger partial charge in [0, 0.05) is 45.7 Å². The summed E-state index contributed by atoms with van der Waals surface area (Å²) in [5.41, 5.74) is 3.03. The lowest BCUT2D eigenvalue weighted by molar-refractivity contribution is -0.121. The monoisotopic (exact) mass is 515 g/mol. The van der Waals surface area contributed by atoms with E-state index in [-0.39, 0.29) is 17.2 Å². The number of carbonyl (C=O) groups excluding carboxylic acids is 1. The smallest absolute Gasteiger partial charge is 0.243 e. The number of rotatable bonds is 10. The summed E-state index contributed by atoms with van der Waals surface area (Å²) < 4.78 is 38.7. The van der Waals surface area contributed by atoms with Crippen LogP contribution >= 0.6 is 0 Å². The van der Waals surface area contributed by atoms with E-state index in [9.17, 15) is 13.2 Å². The van der Waals surface area contributed by atoms with Crippen molar-refractivity contribution in [3.8, 4) is 5.75 Å². The number of piperidine rings is 1. The zero-order valence-electron chi connectivity index (χ0n) is 21.1. The summed E-state index contributed by atoms with van der Waals surface area (Å²) in [6, 6.07) is 13.1. The Morgan fingerprint density at radius 2 is 1.69 bits per heavy atom. The summed E-state index contributed by atoms with van der Waals surface area (Å²) in [6.07, 6.45) is 3.48. The van der Waals surface area contributed by atoms with Gasteiger partial charge in [0.05, 0.1) is 25.2 Å². The van der Waals surface area contributed by atoms with E-state index in [2.05, 4.69) is 16.3 Å². The van der Waals surface area contributed by atoms with Crippen LogP contribution in [0.2, 0.25) is 0 Å². The molecule has 4 rings (SSSR count). The van der Waals surface area contributed by atoms with Crippen molar-refractivity contribution < 1.29 is 22.7 Å². The average molecular weight is 516 g/mol. The zero-order chi connectivity index (χ0) is 25.4. The summed E-state index contributed by atoms with van der Waals surface area (Å²) in [6.45, 7) is 5.74. The Hall–Kier alpha value is -2.46. The SMILES string of the molecule is COc1ccc(S(=O)(=O)N2CCCCC2)cc1CCC(=O)NCc1ccccc1CN1CCOCC1. The second-order valence-electron chi connectivity index (χ2n) is 9.37. The fourth-order valence-electron chi connectivity index (χ4n) is 4.78. The molecule has 9 heteroatoms. The largest absolute Gasteiger partial charge is 0.496 e. The van der Waals surface area contributed by atoms with Crippen molar-refractivity contribution >= 4 is 15.9 Å². The van der Waals surface area contributed by atoms with Gasteiger partial charge in [-0.05, 0) is 54.2 Å². The lowest BCUT2D eigenvalue weighted by atomic mass is 10.1. The number of aryl methyl sites for hydroxylation is 1. The number of hydrogen-bond donors (Lipinski definition) is 1. The predicted molar refractivity (Wildman–Crippen MR) is 138 cm³/mol. The number of morpholine rings is 1. The van der Waals surface area contributed by atoms with Crippen LogP contribution in [0.15, 0.2) is 47.4 Å². The Balaban J connectivity index is 1.36. The molecule has 2 aliphatic heterocycles. The molecule has 0 aromatic heterocycles. The van der Waals surface area contributed by atoms with Crippen molar-refractivity contribution in [2.75, 3.05) is 46.5 Å². The topological polar surface area (TPSA) is 88.2 Å². The normalized spacial score (nSPS) is 17.6. The van der Waals surface area contributed by atoms with Crippen LogP contribution in [0.3, 0.4) is 0 Å². The third kappa shape index (κ3) is 6.85. The van der Waals surface area contributed by atoms with E-state index < -0.39 is 10.0 Å². The minimum Gasteiger partial charge on any atom is -0.496 e. The van der Waals surface area contributed by atoms with Crippen molar-refractivity contribution in [2.45, 2.75) is 50.1 Å². The Morgan fingerprint density at radius 3 is 2.42 bits per heavy atom. The van der Waals surface area contributed by atoms with E-state index in [4.69, 9.17) is 9.47 Å². The van der Waals surface area contributed by atoms with Crippen LogP contribution in [0.4, 0.5) is 0 Å². The molecule has 0 unspecified atom stereocenters. The first-order valence-corrected chi connectivity index (χ1v) is 14.2. The fourth-order valence-corrected chi connectivity index (χ4v) is 6.35. The molecule has 2 fully saturated rings. The zero-order valence-corrected chi connectivity index (χ0v) is 21.9. The molecule has 196 valence electrons. The molecule has 1 N–H and O–H groups in total. The Labute approximate surface area is 214 Å². The highest BCUT2D eigenvalue weighted by Crippen LogP contribution is 2.27. The van der Waals surface area contributed by atoms with Crippen LogP contribution in [-0.4, -0.2) is 70.0 Å². The number of nitrogens with zero attached hydrogens (tertiary/aromatic N) is 2. The van der Waals surface area contributed by atoms with Crippen LogP contribution in [0.5, 0.6) is 5.75 Å². The molecule has 1 amide bonds. The standard InChI is InChI=1S/C27H37N3O5S/c1-34-26-11-10-25(36(32,33)30-13-5-2-6-14-30)19-22(26)9-12-27(31)28-20-23-7-3-4-8-24(23)21-29-15-17-35-18-16-29/h3-4,7-8,10-11,19H,2,5-6,9,12-18,20-21H2,1H3,(H,28,31). The molecule has 0 saturated carbocycles. The van der Waals surface area contributed by atoms with Crippen LogP contribution in [0.1, 0.15) is 42.4 Å². The molecular weight excluding hydrogens is 478 g/mol. The maximum atomic E-state index is 13.1. The number of sulfonamides is 1. The molecule has 2 aromatic carbocycles. The van der Waals surface area contributed by atoms with E-state index in [1.54, 1.807) is 29.6 Å². The van der Waals surface area contributed by atoms with E-state index >= 15 is 0 Å². The molecule has 0 bridgehead atoms. The van der Waals surface area contributed by atoms with Gasteiger partial charge in [0.2, 0.25) is 15.9 Å². The van der Waals surface area contributed by atoms with Crippen LogP contribution in [0.25, 0.3) is 0 Å². The third-order valence-corrected chi connectivity index (χ3v) is 8.81. The summed E-state index contributed by atoms with van der Waals surface area (Å²) >= 11 is 0. The maximum absolute atomic E-state index is 13.1. The summed E-state index contributed by atoms with van der Waals surface area (Å²) in [5, 5.41) is 3.03. The number of amides is 1. The van der Waals surface area contributed by atoms with E-state index in [0.29, 0.717) is 31.8 Å². The molecule has 0 aliphatic carbocycles. The van der Waals surface area contributed by atoms with Gasteiger partial charge in [-0.15, -0.1) is 0 Å². The summed E-state index contributed by atoms with van der Waals surface area (Å²) in [5.74, 6) is 0.513. The van der Waals surface area contributed by atoms with Gasteiger partial charge in [0.1, 0.15) is 5.75 Å². The average Bonchev–Trinajstić information content (AvgIpc) is 2.92. The lowest BCUT2D eigenvalue weighted by Gasteiger charge is -2.27. The van der Waals surface area contributed by atoms with Crippen LogP contribution in [-0.2, 0) is 39.1 Å². The maximum Gasteiger partial charge on any atom is 0.243 e. The molecule has 2 heterocycles. The molecule has 8 nitrogen and oxygen atoms in total. The second-order valence-corrected chi connectivity index (χ2v) is 11.3. The highest BCUT2D eigenvalue weighted by atomic mass is 32.2. The van der Waals surface area contributed by atoms with Gasteiger partial charge in [-0.1, -0.05) is 30.7 Å². The Kier molecular flexibility index (Phi) is 9.36. The van der Waals surface area contributed by atoms with Crippen LogP contribution < -0.4 is 10.1 Å². The first kappa shape index (κ1) is 26.6. The predicted octanol–water partition coefficient (Wildman–Crippen LogP) is 2.95. The van der Waals surface area contributed by atoms with Gasteiger partial charge in [-0.25, -0.2) is 8.42 Å². The molecule has 2 saturated heterocycles. The van der Waals surface area contributed by atoms with Crippen molar-refractivity contribution in [1.29, 1.82) is 0 Å². The molecule has 0 spiro atoms. The fraction of sp³-hybridized carbons (Fsp3) is 0.519. The minimum atomic E-state index is -3.55. The van der Waals surface area contributed by atoms with Crippen molar-refractivity contribution in [1.82, 2.24) is 14.5 Å². The van der Waals surface area contributed by atoms with Gasteiger partial charge in [-0.2, -0.15) is 4.31 Å². The number of nitrogens with one attached hydrogen (secondary N) is 1. The number of ether oxygens (including phenoxy) is 2.